The van der Waals surface area contributed by atoms with Gasteiger partial charge < -0.3 is 15.7 Å². The maximum Gasteiger partial charge on any atom is 0.265 e. The van der Waals surface area contributed by atoms with E-state index in [1.807, 2.05) is 43.3 Å². The first-order chi connectivity index (χ1) is 14.0. The summed E-state index contributed by atoms with van der Waals surface area (Å²) in [6, 6.07) is 17.0. The second-order valence-electron chi connectivity index (χ2n) is 7.25. The Morgan fingerprint density at radius 1 is 1.03 bits per heavy atom. The Morgan fingerprint density at radius 2 is 1.79 bits per heavy atom. The maximum absolute atomic E-state index is 12.7. The van der Waals surface area contributed by atoms with Gasteiger partial charge in [0.2, 0.25) is 0 Å². The van der Waals surface area contributed by atoms with Gasteiger partial charge in [0.15, 0.2) is 0 Å². The Hall–Kier alpha value is -2.96. The molecule has 2 aromatic carbocycles. The molecule has 0 saturated heterocycles. The van der Waals surface area contributed by atoms with Crippen LogP contribution in [0.5, 0.6) is 0 Å². The summed E-state index contributed by atoms with van der Waals surface area (Å²) in [6.45, 7) is 1.91. The molecule has 4 rings (SSSR count). The van der Waals surface area contributed by atoms with Gasteiger partial charge in [-0.3, -0.25) is 9.59 Å². The van der Waals surface area contributed by atoms with Crippen LogP contribution in [0.4, 0.5) is 5.69 Å². The molecule has 0 atom stereocenters. The fraction of sp³-hybridized carbons (Fsp3) is 0.217. The lowest BCUT2D eigenvalue weighted by Gasteiger charge is -2.10. The molecular weight excluding hydrogens is 384 g/mol. The van der Waals surface area contributed by atoms with Crippen molar-refractivity contribution >= 4 is 28.8 Å². The molecule has 3 aromatic rings. The van der Waals surface area contributed by atoms with Crippen molar-refractivity contribution in [2.24, 2.45) is 0 Å². The van der Waals surface area contributed by atoms with Gasteiger partial charge in [-0.1, -0.05) is 30.3 Å². The van der Waals surface area contributed by atoms with Crippen molar-refractivity contribution in [3.63, 3.8) is 0 Å². The van der Waals surface area contributed by atoms with Gasteiger partial charge in [0.1, 0.15) is 0 Å². The van der Waals surface area contributed by atoms with Gasteiger partial charge in [-0.2, -0.15) is 0 Å². The Kier molecular flexibility index (Phi) is 5.47. The van der Waals surface area contributed by atoms with Crippen molar-refractivity contribution < 1.29 is 14.7 Å². The van der Waals surface area contributed by atoms with Crippen LogP contribution in [0.25, 0.3) is 10.4 Å². The van der Waals surface area contributed by atoms with E-state index in [0.29, 0.717) is 16.1 Å². The topological polar surface area (TPSA) is 78.4 Å². The number of benzene rings is 2. The van der Waals surface area contributed by atoms with Gasteiger partial charge in [0.25, 0.3) is 11.8 Å². The highest BCUT2D eigenvalue weighted by atomic mass is 32.1. The van der Waals surface area contributed by atoms with Crippen molar-refractivity contribution in [3.8, 4) is 10.4 Å². The van der Waals surface area contributed by atoms with E-state index in [4.69, 9.17) is 5.11 Å². The molecule has 0 bridgehead atoms. The van der Waals surface area contributed by atoms with E-state index < -0.39 is 0 Å². The molecule has 1 heterocycles. The fourth-order valence-corrected chi connectivity index (χ4v) is 3.87. The fourth-order valence-electron chi connectivity index (χ4n) is 2.97. The number of hydrogen-bond acceptors (Lipinski definition) is 4. The minimum Gasteiger partial charge on any atom is -0.392 e. The van der Waals surface area contributed by atoms with E-state index in [-0.39, 0.29) is 24.5 Å². The predicted octanol–water partition coefficient (Wildman–Crippen LogP) is 4.36. The smallest absolute Gasteiger partial charge is 0.265 e. The van der Waals surface area contributed by atoms with Gasteiger partial charge in [0.05, 0.1) is 11.5 Å². The second kappa shape index (κ2) is 8.19. The van der Waals surface area contributed by atoms with E-state index in [2.05, 4.69) is 10.6 Å². The number of thiophene rings is 1. The lowest BCUT2D eigenvalue weighted by Crippen LogP contribution is -2.25. The highest BCUT2D eigenvalue weighted by Gasteiger charge is 2.24. The van der Waals surface area contributed by atoms with E-state index in [0.717, 1.165) is 34.4 Å². The molecule has 0 unspecified atom stereocenters. The Labute approximate surface area is 173 Å². The third-order valence-corrected chi connectivity index (χ3v) is 6.04. The third-order valence-electron chi connectivity index (χ3n) is 4.91. The number of aliphatic hydroxyl groups is 1. The van der Waals surface area contributed by atoms with Crippen molar-refractivity contribution in [1.82, 2.24) is 5.32 Å². The van der Waals surface area contributed by atoms with Crippen LogP contribution < -0.4 is 10.6 Å². The number of aliphatic hydroxyl groups excluding tert-OH is 1. The molecule has 0 radical (unpaired) electrons. The summed E-state index contributed by atoms with van der Waals surface area (Å²) >= 11 is 1.41. The summed E-state index contributed by atoms with van der Waals surface area (Å²) in [5, 5.41) is 15.1. The molecule has 6 heteroatoms. The number of carbonyl (C=O) groups excluding carboxylic acids is 2. The summed E-state index contributed by atoms with van der Waals surface area (Å²) in [7, 11) is 0. The Bertz CT molecular complexity index is 1050. The van der Waals surface area contributed by atoms with Crippen LogP contribution in [0, 0.1) is 6.92 Å². The Morgan fingerprint density at radius 3 is 2.48 bits per heavy atom. The van der Waals surface area contributed by atoms with Gasteiger partial charge in [-0.15, -0.1) is 11.3 Å². The van der Waals surface area contributed by atoms with E-state index in [9.17, 15) is 9.59 Å². The van der Waals surface area contributed by atoms with Gasteiger partial charge in [0, 0.05) is 22.2 Å². The standard InChI is InChI=1S/C23H22N2O3S/c1-14-2-5-17(22(27)24-18-8-9-18)12-19(14)25-23(28)21-11-10-20(29-21)16-6-3-15(13-26)4-7-16/h2-7,10-12,18,26H,8-9,13H2,1H3,(H,24,27)(H,25,28). The molecule has 1 aliphatic carbocycles. The lowest BCUT2D eigenvalue weighted by molar-refractivity contribution is 0.0949. The zero-order valence-corrected chi connectivity index (χ0v) is 16.9. The van der Waals surface area contributed by atoms with E-state index in [1.165, 1.54) is 11.3 Å². The highest BCUT2D eigenvalue weighted by molar-refractivity contribution is 7.17. The zero-order chi connectivity index (χ0) is 20.4. The molecule has 1 saturated carbocycles. The summed E-state index contributed by atoms with van der Waals surface area (Å²) < 4.78 is 0. The molecule has 5 nitrogen and oxygen atoms in total. The Balaban J connectivity index is 1.49. The number of amides is 2. The zero-order valence-electron chi connectivity index (χ0n) is 16.1. The van der Waals surface area contributed by atoms with Crippen LogP contribution in [0.15, 0.2) is 54.6 Å². The average molecular weight is 407 g/mol. The van der Waals surface area contributed by atoms with E-state index >= 15 is 0 Å². The molecule has 1 aliphatic rings. The number of rotatable bonds is 6. The first kappa shape index (κ1) is 19.4. The van der Waals surface area contributed by atoms with Crippen molar-refractivity contribution in [2.45, 2.75) is 32.4 Å². The highest BCUT2D eigenvalue weighted by Crippen LogP contribution is 2.29. The van der Waals surface area contributed by atoms with E-state index in [1.54, 1.807) is 18.2 Å². The number of nitrogens with one attached hydrogen (secondary N) is 2. The normalized spacial score (nSPS) is 13.2. The molecule has 2 amide bonds. The van der Waals surface area contributed by atoms with Crippen LogP contribution >= 0.6 is 11.3 Å². The second-order valence-corrected chi connectivity index (χ2v) is 8.33. The van der Waals surface area contributed by atoms with Crippen molar-refractivity contribution in [1.29, 1.82) is 0 Å². The number of aryl methyl sites for hydroxylation is 1. The number of carbonyl (C=O) groups is 2. The molecule has 148 valence electrons. The first-order valence-electron chi connectivity index (χ1n) is 9.56. The molecule has 29 heavy (non-hydrogen) atoms. The van der Waals surface area contributed by atoms with Crippen LogP contribution in [0.1, 0.15) is 44.0 Å². The minimum atomic E-state index is -0.198. The lowest BCUT2D eigenvalue weighted by atomic mass is 10.1. The van der Waals surface area contributed by atoms with Crippen molar-refractivity contribution in [3.05, 3.63) is 76.2 Å². The summed E-state index contributed by atoms with van der Waals surface area (Å²) in [5.41, 5.74) is 3.94. The minimum absolute atomic E-state index is 0.00940. The quantitative estimate of drug-likeness (QED) is 0.569. The molecular formula is C23H22N2O3S. The van der Waals surface area contributed by atoms with Crippen LogP contribution in [0.3, 0.4) is 0 Å². The van der Waals surface area contributed by atoms with Crippen LogP contribution in [-0.2, 0) is 6.61 Å². The summed E-state index contributed by atoms with van der Waals surface area (Å²) in [4.78, 5) is 26.6. The summed E-state index contributed by atoms with van der Waals surface area (Å²) in [5.74, 6) is -0.302. The first-order valence-corrected chi connectivity index (χ1v) is 10.4. The predicted molar refractivity (Wildman–Crippen MR) is 115 cm³/mol. The van der Waals surface area contributed by atoms with Gasteiger partial charge >= 0.3 is 0 Å². The van der Waals surface area contributed by atoms with Crippen LogP contribution in [0.2, 0.25) is 0 Å². The number of anilines is 1. The number of hydrogen-bond donors (Lipinski definition) is 3. The monoisotopic (exact) mass is 406 g/mol. The molecule has 3 N–H and O–H groups in total. The largest absolute Gasteiger partial charge is 0.392 e. The molecule has 0 spiro atoms. The average Bonchev–Trinajstić information content (AvgIpc) is 3.40. The molecule has 1 aromatic heterocycles. The third kappa shape index (κ3) is 4.55. The molecule has 1 fully saturated rings. The maximum atomic E-state index is 12.7. The van der Waals surface area contributed by atoms with Crippen LogP contribution in [-0.4, -0.2) is 23.0 Å². The van der Waals surface area contributed by atoms with Crippen molar-refractivity contribution in [2.75, 3.05) is 5.32 Å². The molecule has 0 aliphatic heterocycles. The van der Waals surface area contributed by atoms with Gasteiger partial charge in [-0.05, 0) is 60.7 Å². The summed E-state index contributed by atoms with van der Waals surface area (Å²) in [6.07, 6.45) is 2.06. The SMILES string of the molecule is Cc1ccc(C(=O)NC2CC2)cc1NC(=O)c1ccc(-c2ccc(CO)cc2)s1. The van der Waals surface area contributed by atoms with Gasteiger partial charge in [-0.25, -0.2) is 0 Å².